The Bertz CT molecular complexity index is 1200. The molecule has 0 spiro atoms. The van der Waals surface area contributed by atoms with Gasteiger partial charge in [-0.05, 0) is 36.4 Å². The van der Waals surface area contributed by atoms with Crippen molar-refractivity contribution in [2.75, 3.05) is 38.3 Å². The van der Waals surface area contributed by atoms with Gasteiger partial charge in [-0.25, -0.2) is 18.4 Å². The normalized spacial score (nSPS) is 15.5. The quantitative estimate of drug-likeness (QED) is 0.615. The summed E-state index contributed by atoms with van der Waals surface area (Å²) < 4.78 is 37.2. The van der Waals surface area contributed by atoms with E-state index in [1.807, 2.05) is 23.1 Å². The Balaban J connectivity index is 1.86. The lowest BCUT2D eigenvalue weighted by Crippen LogP contribution is -2.38. The molecule has 0 aliphatic carbocycles. The van der Waals surface area contributed by atoms with Gasteiger partial charge in [0.2, 0.25) is 9.84 Å². The van der Waals surface area contributed by atoms with Gasteiger partial charge in [0, 0.05) is 13.1 Å². The third-order valence-corrected chi connectivity index (χ3v) is 6.83. The summed E-state index contributed by atoms with van der Waals surface area (Å²) in [5.41, 5.74) is 1.31. The zero-order chi connectivity index (χ0) is 21.1. The van der Waals surface area contributed by atoms with Crippen LogP contribution in [0.5, 0.6) is 5.75 Å². The fourth-order valence-corrected chi connectivity index (χ4v) is 4.75. The van der Waals surface area contributed by atoms with Crippen LogP contribution in [0.4, 0.5) is 5.82 Å². The molecule has 4 rings (SSSR count). The molecule has 0 radical (unpaired) electrons. The van der Waals surface area contributed by atoms with Crippen LogP contribution in [0.25, 0.3) is 11.0 Å². The predicted octanol–water partition coefficient (Wildman–Crippen LogP) is 2.51. The van der Waals surface area contributed by atoms with E-state index in [1.165, 1.54) is 19.2 Å². The zero-order valence-electron chi connectivity index (χ0n) is 16.4. The van der Waals surface area contributed by atoms with Crippen LogP contribution >= 0.6 is 0 Å². The van der Waals surface area contributed by atoms with E-state index >= 15 is 0 Å². The van der Waals surface area contributed by atoms with Crippen LogP contribution < -0.4 is 9.64 Å². The molecular weight excluding hydrogens is 404 g/mol. The lowest BCUT2D eigenvalue weighted by atomic mass is 10.2. The number of hydrogen-bond acceptors (Lipinski definition) is 8. The Hall–Kier alpha value is -3.22. The van der Waals surface area contributed by atoms with E-state index in [0.717, 1.165) is 0 Å². The summed E-state index contributed by atoms with van der Waals surface area (Å²) in [7, 11) is -2.54. The fraction of sp³-hybridized carbons (Fsp3) is 0.286. The first-order valence-corrected chi connectivity index (χ1v) is 11.0. The fourth-order valence-electron chi connectivity index (χ4n) is 3.37. The summed E-state index contributed by atoms with van der Waals surface area (Å²) in [6.07, 6.45) is 0. The third-order valence-electron chi connectivity index (χ3n) is 4.95. The van der Waals surface area contributed by atoms with Crippen molar-refractivity contribution in [3.63, 3.8) is 0 Å². The van der Waals surface area contributed by atoms with Crippen LogP contribution in [0, 0.1) is 11.3 Å². The molecule has 0 unspecified atom stereocenters. The Morgan fingerprint density at radius 1 is 1.07 bits per heavy atom. The van der Waals surface area contributed by atoms with Crippen LogP contribution in [0.2, 0.25) is 0 Å². The first-order chi connectivity index (χ1) is 14.5. The molecule has 1 atom stereocenters. The Labute approximate surface area is 174 Å². The SMILES string of the molecule is COc1ccc(S(=O)(=O)[C@@H](C#N)c2nc3ccccc3nc2N2CCOCC2)cc1. The molecule has 2 heterocycles. The summed E-state index contributed by atoms with van der Waals surface area (Å²) in [6.45, 7) is 2.08. The Morgan fingerprint density at radius 2 is 1.70 bits per heavy atom. The molecule has 0 amide bonds. The van der Waals surface area contributed by atoms with Gasteiger partial charge in [0.05, 0.1) is 42.3 Å². The van der Waals surface area contributed by atoms with Gasteiger partial charge in [0.25, 0.3) is 0 Å². The molecule has 9 heteroatoms. The van der Waals surface area contributed by atoms with E-state index in [2.05, 4.69) is 9.97 Å². The number of anilines is 1. The highest BCUT2D eigenvalue weighted by Gasteiger charge is 2.35. The minimum absolute atomic E-state index is 0.0257. The molecule has 1 saturated heterocycles. The molecule has 1 fully saturated rings. The van der Waals surface area contributed by atoms with Gasteiger partial charge in [-0.2, -0.15) is 5.26 Å². The summed E-state index contributed by atoms with van der Waals surface area (Å²) in [6, 6.07) is 15.1. The number of para-hydroxylation sites is 2. The average molecular weight is 424 g/mol. The first kappa shape index (κ1) is 20.1. The zero-order valence-corrected chi connectivity index (χ0v) is 17.2. The van der Waals surface area contributed by atoms with Crippen molar-refractivity contribution in [3.8, 4) is 11.8 Å². The molecule has 1 aliphatic rings. The minimum Gasteiger partial charge on any atom is -0.497 e. The maximum atomic E-state index is 13.4. The van der Waals surface area contributed by atoms with Gasteiger partial charge in [-0.15, -0.1) is 0 Å². The number of nitrogens with zero attached hydrogens (tertiary/aromatic N) is 4. The minimum atomic E-state index is -4.04. The number of morpholine rings is 1. The van der Waals surface area contributed by atoms with Gasteiger partial charge < -0.3 is 14.4 Å². The average Bonchev–Trinajstić information content (AvgIpc) is 2.79. The van der Waals surface area contributed by atoms with E-state index in [4.69, 9.17) is 9.47 Å². The molecule has 0 N–H and O–H groups in total. The van der Waals surface area contributed by atoms with Gasteiger partial charge in [-0.3, -0.25) is 0 Å². The number of nitriles is 1. The van der Waals surface area contributed by atoms with Crippen molar-refractivity contribution in [3.05, 3.63) is 54.2 Å². The lowest BCUT2D eigenvalue weighted by Gasteiger charge is -2.30. The van der Waals surface area contributed by atoms with Crippen LogP contribution in [-0.4, -0.2) is 51.8 Å². The lowest BCUT2D eigenvalue weighted by molar-refractivity contribution is 0.122. The molecule has 0 bridgehead atoms. The summed E-state index contributed by atoms with van der Waals surface area (Å²) in [5, 5.41) is 8.41. The van der Waals surface area contributed by atoms with Crippen LogP contribution in [0.1, 0.15) is 10.9 Å². The third kappa shape index (κ3) is 3.67. The van der Waals surface area contributed by atoms with E-state index in [9.17, 15) is 13.7 Å². The second-order valence-corrected chi connectivity index (χ2v) is 8.78. The van der Waals surface area contributed by atoms with Crippen LogP contribution in [0.3, 0.4) is 0 Å². The number of methoxy groups -OCH3 is 1. The van der Waals surface area contributed by atoms with Crippen molar-refractivity contribution < 1.29 is 17.9 Å². The molecule has 1 aliphatic heterocycles. The number of hydrogen-bond donors (Lipinski definition) is 0. The van der Waals surface area contributed by atoms with Gasteiger partial charge in [0.15, 0.2) is 11.1 Å². The van der Waals surface area contributed by atoms with E-state index in [1.54, 1.807) is 24.3 Å². The van der Waals surface area contributed by atoms with E-state index in [-0.39, 0.29) is 10.6 Å². The van der Waals surface area contributed by atoms with Gasteiger partial charge >= 0.3 is 0 Å². The van der Waals surface area contributed by atoms with Crippen molar-refractivity contribution in [1.82, 2.24) is 9.97 Å². The molecule has 0 saturated carbocycles. The number of sulfone groups is 1. The molecular formula is C21H20N4O4S. The highest BCUT2D eigenvalue weighted by Crippen LogP contribution is 2.34. The maximum absolute atomic E-state index is 13.4. The molecule has 8 nitrogen and oxygen atoms in total. The number of benzene rings is 2. The molecule has 2 aromatic carbocycles. The number of aromatic nitrogens is 2. The van der Waals surface area contributed by atoms with Gasteiger partial charge in [0.1, 0.15) is 11.4 Å². The maximum Gasteiger partial charge on any atom is 0.200 e. The summed E-state index contributed by atoms with van der Waals surface area (Å²) in [5.74, 6) is 0.933. The van der Waals surface area contributed by atoms with Crippen molar-refractivity contribution in [1.29, 1.82) is 5.26 Å². The summed E-state index contributed by atoms with van der Waals surface area (Å²) >= 11 is 0. The Kier molecular flexibility index (Phi) is 5.53. The van der Waals surface area contributed by atoms with Crippen molar-refractivity contribution in [2.45, 2.75) is 10.1 Å². The predicted molar refractivity (Wildman–Crippen MR) is 111 cm³/mol. The largest absolute Gasteiger partial charge is 0.497 e. The standard InChI is InChI=1S/C21H20N4O4S/c1-28-15-6-8-16(9-7-15)30(26,27)19(14-22)20-21(25-10-12-29-13-11-25)24-18-5-3-2-4-17(18)23-20/h2-9,19H,10-13H2,1H3/t19-/m0/s1. The molecule has 154 valence electrons. The molecule has 30 heavy (non-hydrogen) atoms. The van der Waals surface area contributed by atoms with Crippen LogP contribution in [0.15, 0.2) is 53.4 Å². The number of ether oxygens (including phenoxy) is 2. The van der Waals surface area contributed by atoms with Crippen LogP contribution in [-0.2, 0) is 14.6 Å². The van der Waals surface area contributed by atoms with E-state index < -0.39 is 15.1 Å². The number of fused-ring (bicyclic) bond motifs is 1. The Morgan fingerprint density at radius 3 is 2.30 bits per heavy atom. The second-order valence-electron chi connectivity index (χ2n) is 6.75. The topological polar surface area (TPSA) is 105 Å². The highest BCUT2D eigenvalue weighted by molar-refractivity contribution is 7.92. The monoisotopic (exact) mass is 424 g/mol. The van der Waals surface area contributed by atoms with Gasteiger partial charge in [-0.1, -0.05) is 12.1 Å². The highest BCUT2D eigenvalue weighted by atomic mass is 32.2. The van der Waals surface area contributed by atoms with Crippen molar-refractivity contribution in [2.24, 2.45) is 0 Å². The smallest absolute Gasteiger partial charge is 0.200 e. The number of rotatable bonds is 5. The first-order valence-electron chi connectivity index (χ1n) is 9.41. The molecule has 3 aromatic rings. The second kappa shape index (κ2) is 8.26. The van der Waals surface area contributed by atoms with Crippen molar-refractivity contribution >= 4 is 26.7 Å². The molecule has 1 aromatic heterocycles. The summed E-state index contributed by atoms with van der Waals surface area (Å²) in [4.78, 5) is 11.2. The van der Waals surface area contributed by atoms with E-state index in [0.29, 0.717) is 48.9 Å².